The first-order chi connectivity index (χ1) is 15.4. The molecule has 6 heteroatoms. The van der Waals surface area contributed by atoms with Crippen molar-refractivity contribution in [1.29, 1.82) is 0 Å². The van der Waals surface area contributed by atoms with E-state index in [1.165, 1.54) is 17.8 Å². The molecule has 3 heterocycles. The van der Waals surface area contributed by atoms with Gasteiger partial charge in [0.05, 0.1) is 27.8 Å². The molecule has 0 spiro atoms. The summed E-state index contributed by atoms with van der Waals surface area (Å²) in [5.41, 5.74) is 1.23. The van der Waals surface area contributed by atoms with E-state index < -0.39 is 5.63 Å². The minimum atomic E-state index is -0.399. The van der Waals surface area contributed by atoms with E-state index in [0.717, 1.165) is 34.3 Å². The summed E-state index contributed by atoms with van der Waals surface area (Å²) < 4.78 is 11.9. The van der Waals surface area contributed by atoms with Crippen LogP contribution >= 0.6 is 11.3 Å². The first-order valence-corrected chi connectivity index (χ1v) is 12.0. The molecule has 1 aromatic carbocycles. The minimum absolute atomic E-state index is 0.0475. The number of benzene rings is 1. The van der Waals surface area contributed by atoms with Crippen molar-refractivity contribution in [3.8, 4) is 0 Å². The van der Waals surface area contributed by atoms with E-state index in [0.29, 0.717) is 34.2 Å². The maximum atomic E-state index is 13.9. The predicted octanol–water partition coefficient (Wildman–Crippen LogP) is 6.38. The van der Waals surface area contributed by atoms with Crippen LogP contribution in [0.25, 0.3) is 21.1 Å². The standard InChI is InChI=1S/C26H27NO4S/c1-15-9-10-22-19(12-15)24-20(26(29)31-22)13-23(32-24)25(28)27(14-18-7-5-11-30-18)21-8-4-6-16(2)17(21)3/h5,7,9-13,16-17,21H,4,6,8,14H2,1-3H3/t16-,17-,21-/m1/s1. The van der Waals surface area contributed by atoms with Crippen molar-refractivity contribution in [2.24, 2.45) is 11.8 Å². The van der Waals surface area contributed by atoms with Crippen LogP contribution in [0, 0.1) is 18.8 Å². The number of amides is 1. The van der Waals surface area contributed by atoms with Gasteiger partial charge in [0, 0.05) is 11.4 Å². The summed E-state index contributed by atoms with van der Waals surface area (Å²) >= 11 is 1.38. The second-order valence-corrected chi connectivity index (χ2v) is 10.1. The van der Waals surface area contributed by atoms with Crippen LogP contribution in [0.5, 0.6) is 0 Å². The topological polar surface area (TPSA) is 63.7 Å². The Bertz CT molecular complexity index is 1330. The Morgan fingerprint density at radius 3 is 2.78 bits per heavy atom. The van der Waals surface area contributed by atoms with E-state index in [2.05, 4.69) is 13.8 Å². The van der Waals surface area contributed by atoms with Crippen LogP contribution in [0.4, 0.5) is 0 Å². The molecule has 1 aliphatic rings. The zero-order chi connectivity index (χ0) is 22.4. The molecule has 4 aromatic rings. The van der Waals surface area contributed by atoms with Crippen LogP contribution in [0.3, 0.4) is 0 Å². The smallest absolute Gasteiger partial charge is 0.345 e. The highest BCUT2D eigenvalue weighted by Gasteiger charge is 2.35. The summed E-state index contributed by atoms with van der Waals surface area (Å²) in [5, 5.41) is 1.35. The molecule has 1 aliphatic carbocycles. The van der Waals surface area contributed by atoms with Crippen molar-refractivity contribution >= 4 is 38.3 Å². The lowest BCUT2D eigenvalue weighted by molar-refractivity contribution is 0.0432. The third-order valence-electron chi connectivity index (χ3n) is 6.98. The number of rotatable bonds is 4. The third kappa shape index (κ3) is 3.66. The van der Waals surface area contributed by atoms with Crippen LogP contribution in [-0.4, -0.2) is 16.8 Å². The molecule has 5 nitrogen and oxygen atoms in total. The van der Waals surface area contributed by atoms with Crippen molar-refractivity contribution in [3.05, 3.63) is 69.3 Å². The molecule has 32 heavy (non-hydrogen) atoms. The number of nitrogens with zero attached hydrogens (tertiary/aromatic N) is 1. The van der Waals surface area contributed by atoms with Gasteiger partial charge >= 0.3 is 5.63 Å². The molecule has 0 N–H and O–H groups in total. The first-order valence-electron chi connectivity index (χ1n) is 11.2. The van der Waals surface area contributed by atoms with Crippen molar-refractivity contribution in [1.82, 2.24) is 4.90 Å². The van der Waals surface area contributed by atoms with Crippen LogP contribution in [-0.2, 0) is 6.54 Å². The molecule has 1 amide bonds. The second kappa shape index (κ2) is 8.24. The average molecular weight is 450 g/mol. The van der Waals surface area contributed by atoms with Crippen molar-refractivity contribution in [2.75, 3.05) is 0 Å². The van der Waals surface area contributed by atoms with Crippen LogP contribution in [0.1, 0.15) is 54.1 Å². The highest BCUT2D eigenvalue weighted by molar-refractivity contribution is 7.21. The fourth-order valence-electron chi connectivity index (χ4n) is 4.96. The Hall–Kier alpha value is -2.86. The molecule has 1 saturated carbocycles. The van der Waals surface area contributed by atoms with Crippen LogP contribution in [0.2, 0.25) is 0 Å². The van der Waals surface area contributed by atoms with Gasteiger partial charge in [-0.25, -0.2) is 4.79 Å². The number of fused-ring (bicyclic) bond motifs is 3. The number of carbonyl (C=O) groups is 1. The highest BCUT2D eigenvalue weighted by Crippen LogP contribution is 2.37. The van der Waals surface area contributed by atoms with Crippen molar-refractivity contribution < 1.29 is 13.6 Å². The Morgan fingerprint density at radius 1 is 1.16 bits per heavy atom. The Labute approximate surface area is 190 Å². The van der Waals surface area contributed by atoms with E-state index >= 15 is 0 Å². The molecule has 0 bridgehead atoms. The monoisotopic (exact) mass is 449 g/mol. The van der Waals surface area contributed by atoms with Gasteiger partial charge in [-0.2, -0.15) is 0 Å². The molecule has 5 rings (SSSR count). The van der Waals surface area contributed by atoms with Gasteiger partial charge in [-0.15, -0.1) is 11.3 Å². The quantitative estimate of drug-likeness (QED) is 0.339. The van der Waals surface area contributed by atoms with Gasteiger partial charge in [0.15, 0.2) is 0 Å². The molecule has 0 aliphatic heterocycles. The Balaban J connectivity index is 1.60. The Kier molecular flexibility index (Phi) is 5.41. The van der Waals surface area contributed by atoms with Gasteiger partial charge in [0.25, 0.3) is 5.91 Å². The highest BCUT2D eigenvalue weighted by atomic mass is 32.1. The van der Waals surface area contributed by atoms with Gasteiger partial charge < -0.3 is 13.7 Å². The molecule has 3 atom stereocenters. The molecule has 1 fully saturated rings. The second-order valence-electron chi connectivity index (χ2n) is 9.09. The zero-order valence-electron chi connectivity index (χ0n) is 18.6. The van der Waals surface area contributed by atoms with E-state index in [-0.39, 0.29) is 11.9 Å². The maximum Gasteiger partial charge on any atom is 0.345 e. The molecule has 0 radical (unpaired) electrons. The minimum Gasteiger partial charge on any atom is -0.467 e. The van der Waals surface area contributed by atoms with E-state index in [1.54, 1.807) is 12.3 Å². The summed E-state index contributed by atoms with van der Waals surface area (Å²) in [5.74, 6) is 1.67. The van der Waals surface area contributed by atoms with Gasteiger partial charge in [0.1, 0.15) is 11.3 Å². The number of carbonyl (C=O) groups excluding carboxylic acids is 1. The summed E-state index contributed by atoms with van der Waals surface area (Å²) in [4.78, 5) is 29.0. The molecule has 0 saturated heterocycles. The fourth-order valence-corrected chi connectivity index (χ4v) is 6.08. The maximum absolute atomic E-state index is 13.9. The van der Waals surface area contributed by atoms with E-state index in [9.17, 15) is 9.59 Å². The Morgan fingerprint density at radius 2 is 2.00 bits per heavy atom. The molecular weight excluding hydrogens is 422 g/mol. The molecule has 3 aromatic heterocycles. The number of aryl methyl sites for hydroxylation is 1. The third-order valence-corrected chi connectivity index (χ3v) is 8.13. The average Bonchev–Trinajstić information content (AvgIpc) is 3.45. The number of thiophene rings is 1. The summed E-state index contributed by atoms with van der Waals surface area (Å²) in [7, 11) is 0. The molecule has 0 unspecified atom stereocenters. The SMILES string of the molecule is Cc1ccc2oc(=O)c3cc(C(=O)N(Cc4ccco4)[C@@H]4CCC[C@@H](C)[C@H]4C)sc3c2c1. The lowest BCUT2D eigenvalue weighted by atomic mass is 9.77. The largest absolute Gasteiger partial charge is 0.467 e. The van der Waals surface area contributed by atoms with E-state index in [1.807, 2.05) is 42.2 Å². The summed E-state index contributed by atoms with van der Waals surface area (Å²) in [6.45, 7) is 6.95. The molecule has 166 valence electrons. The summed E-state index contributed by atoms with van der Waals surface area (Å²) in [6.07, 6.45) is 4.92. The molecular formula is C26H27NO4S. The van der Waals surface area contributed by atoms with Gasteiger partial charge in [-0.05, 0) is 55.5 Å². The van der Waals surface area contributed by atoms with Gasteiger partial charge in [-0.3, -0.25) is 4.79 Å². The zero-order valence-corrected chi connectivity index (χ0v) is 19.4. The number of hydrogen-bond acceptors (Lipinski definition) is 5. The van der Waals surface area contributed by atoms with Crippen LogP contribution < -0.4 is 5.63 Å². The van der Waals surface area contributed by atoms with Crippen molar-refractivity contribution in [2.45, 2.75) is 52.6 Å². The number of furan rings is 1. The predicted molar refractivity (Wildman–Crippen MR) is 127 cm³/mol. The number of hydrogen-bond donors (Lipinski definition) is 0. The van der Waals surface area contributed by atoms with Crippen molar-refractivity contribution in [3.63, 3.8) is 0 Å². The van der Waals surface area contributed by atoms with Gasteiger partial charge in [-0.1, -0.05) is 38.3 Å². The lowest BCUT2D eigenvalue weighted by Crippen LogP contribution is -2.46. The van der Waals surface area contributed by atoms with Crippen LogP contribution in [0.15, 0.2) is 56.3 Å². The summed E-state index contributed by atoms with van der Waals surface area (Å²) in [6, 6.07) is 11.4. The first kappa shape index (κ1) is 21.0. The fraction of sp³-hybridized carbons (Fsp3) is 0.385. The van der Waals surface area contributed by atoms with E-state index in [4.69, 9.17) is 8.83 Å². The normalized spacial score (nSPS) is 21.3. The lowest BCUT2D eigenvalue weighted by Gasteiger charge is -2.41. The van der Waals surface area contributed by atoms with Gasteiger partial charge in [0.2, 0.25) is 0 Å².